The Bertz CT molecular complexity index is 1920. The number of piperidine rings is 1. The summed E-state index contributed by atoms with van der Waals surface area (Å²) in [4.78, 5) is 79.9. The lowest BCUT2D eigenvalue weighted by atomic mass is 10.0. The van der Waals surface area contributed by atoms with Crippen molar-refractivity contribution in [1.82, 2.24) is 20.5 Å². The minimum atomic E-state index is -1.02. The number of aromatic amines is 1. The maximum Gasteiger partial charge on any atom is 0.264 e. The normalized spacial score (nSPS) is 17.2. The minimum absolute atomic E-state index is 0.0600. The maximum absolute atomic E-state index is 13.8. The van der Waals surface area contributed by atoms with Crippen LogP contribution < -0.4 is 21.3 Å². The van der Waals surface area contributed by atoms with E-state index in [1.165, 1.54) is 18.2 Å². The van der Waals surface area contributed by atoms with Crippen LogP contribution in [0.25, 0.3) is 11.6 Å². The number of aryl methyl sites for hydroxylation is 1. The second-order valence-corrected chi connectivity index (χ2v) is 12.1. The second-order valence-electron chi connectivity index (χ2n) is 12.1. The largest absolute Gasteiger partial charge is 0.384 e. The SMILES string of the molecule is Cc1[nH]c(/C=C2\C(=O)Nc3ccc(F)cc32)c(C)c1C(=O)NCCCCCCNc1cccc2c1C(=O)N(C1CCC(=O)NC1=O)C2=O.II. The van der Waals surface area contributed by atoms with Crippen LogP contribution in [0, 0.1) is 19.7 Å². The second kappa shape index (κ2) is 16.3. The number of hydrogen-bond donors (Lipinski definition) is 5. The molecule has 3 aliphatic rings. The van der Waals surface area contributed by atoms with Crippen LogP contribution in [0.3, 0.4) is 0 Å². The van der Waals surface area contributed by atoms with Crippen molar-refractivity contribution in [3.05, 3.63) is 81.4 Å². The van der Waals surface area contributed by atoms with Crippen LogP contribution in [0.2, 0.25) is 0 Å². The highest BCUT2D eigenvalue weighted by Crippen LogP contribution is 2.35. The summed E-state index contributed by atoms with van der Waals surface area (Å²) in [5.74, 6) is -3.17. The number of hydrogen-bond acceptors (Lipinski definition) is 7. The van der Waals surface area contributed by atoms with Gasteiger partial charge in [0.05, 0.1) is 22.3 Å². The fourth-order valence-electron chi connectivity index (χ4n) is 6.49. The predicted octanol–water partition coefficient (Wildman–Crippen LogP) is 5.84. The van der Waals surface area contributed by atoms with Gasteiger partial charge >= 0.3 is 0 Å². The Morgan fingerprint density at radius 1 is 0.960 bits per heavy atom. The first-order chi connectivity index (χ1) is 24.0. The van der Waals surface area contributed by atoms with Gasteiger partial charge in [0.1, 0.15) is 11.9 Å². The smallest absolute Gasteiger partial charge is 0.264 e. The molecule has 0 saturated carbocycles. The van der Waals surface area contributed by atoms with Gasteiger partial charge in [-0.1, -0.05) is 18.9 Å². The van der Waals surface area contributed by atoms with Crippen molar-refractivity contribution in [2.45, 2.75) is 58.4 Å². The van der Waals surface area contributed by atoms with Crippen molar-refractivity contribution in [3.8, 4) is 0 Å². The van der Waals surface area contributed by atoms with E-state index in [-0.39, 0.29) is 35.8 Å². The van der Waals surface area contributed by atoms with Crippen LogP contribution >= 0.6 is 37.2 Å². The zero-order valence-corrected chi connectivity index (χ0v) is 31.6. The number of carbonyl (C=O) groups is 6. The Balaban J connectivity index is 0.00000239. The van der Waals surface area contributed by atoms with E-state index in [1.807, 2.05) is 0 Å². The van der Waals surface area contributed by atoms with Gasteiger partial charge in [-0.25, -0.2) is 4.39 Å². The van der Waals surface area contributed by atoms with Crippen molar-refractivity contribution in [3.63, 3.8) is 0 Å². The van der Waals surface area contributed by atoms with E-state index in [0.29, 0.717) is 58.1 Å². The Morgan fingerprint density at radius 2 is 1.70 bits per heavy atom. The number of halogens is 3. The van der Waals surface area contributed by atoms with Gasteiger partial charge in [0.15, 0.2) is 0 Å². The molecular formula is C35H35FI2N6O6. The quantitative estimate of drug-likeness (QED) is 0.0698. The molecule has 262 valence electrons. The molecule has 1 unspecified atom stereocenters. The van der Waals surface area contributed by atoms with Gasteiger partial charge in [-0.2, -0.15) is 0 Å². The number of benzene rings is 2. The summed E-state index contributed by atoms with van der Waals surface area (Å²) in [5, 5.41) is 11.1. The third-order valence-corrected chi connectivity index (χ3v) is 8.93. The highest BCUT2D eigenvalue weighted by molar-refractivity contribution is 15.0. The highest BCUT2D eigenvalue weighted by atomic mass is 128. The average Bonchev–Trinajstić information content (AvgIpc) is 3.65. The average molecular weight is 909 g/mol. The standard InChI is InChI=1S/C35H35FN6O6.I2/c1-18-26(17-23-22-16-20(36)10-11-24(22)40-31(23)44)39-19(2)29(18)33(46)38-15-6-4-3-5-14-37-25-9-7-8-21-30(25)35(48)42(34(21)47)27-12-13-28(43)41-32(27)45;1-2/h7-11,16-17,27,37,39H,3-6,12-15H2,1-2H3,(H,38,46)(H,40,44)(H,41,43,45);/b23-17-;. The molecule has 0 bridgehead atoms. The van der Waals surface area contributed by atoms with Gasteiger partial charge in [-0.3, -0.25) is 39.0 Å². The fraction of sp³-hybridized carbons (Fsp3) is 0.314. The van der Waals surface area contributed by atoms with E-state index in [0.717, 1.165) is 30.6 Å². The number of anilines is 2. The Morgan fingerprint density at radius 3 is 2.44 bits per heavy atom. The van der Waals surface area contributed by atoms with Crippen molar-refractivity contribution < 1.29 is 33.2 Å². The molecule has 1 fully saturated rings. The summed E-state index contributed by atoms with van der Waals surface area (Å²) in [5.41, 5.74) is 4.77. The number of nitrogens with zero attached hydrogens (tertiary/aromatic N) is 1. The predicted molar refractivity (Wildman–Crippen MR) is 204 cm³/mol. The number of H-pyrrole nitrogens is 1. The third kappa shape index (κ3) is 7.62. The van der Waals surface area contributed by atoms with Crippen LogP contribution in [0.15, 0.2) is 36.4 Å². The first kappa shape index (κ1) is 37.1. The minimum Gasteiger partial charge on any atom is -0.384 e. The molecular weight excluding hydrogens is 873 g/mol. The Kier molecular flexibility index (Phi) is 12.1. The Hall–Kier alpha value is -4.13. The van der Waals surface area contributed by atoms with Gasteiger partial charge in [0.2, 0.25) is 11.8 Å². The number of fused-ring (bicyclic) bond motifs is 2. The molecule has 0 radical (unpaired) electrons. The number of amides is 6. The fourth-order valence-corrected chi connectivity index (χ4v) is 6.49. The monoisotopic (exact) mass is 908 g/mol. The lowest BCUT2D eigenvalue weighted by Gasteiger charge is -2.27. The van der Waals surface area contributed by atoms with E-state index in [4.69, 9.17) is 0 Å². The van der Waals surface area contributed by atoms with Crippen LogP contribution in [0.4, 0.5) is 15.8 Å². The van der Waals surface area contributed by atoms with Gasteiger partial charge in [-0.05, 0) is 75.1 Å². The molecule has 6 amide bonds. The number of carbonyl (C=O) groups excluding carboxylic acids is 6. The molecule has 3 aromatic rings. The first-order valence-electron chi connectivity index (χ1n) is 16.1. The van der Waals surface area contributed by atoms with E-state index in [1.54, 1.807) is 38.1 Å². The number of aromatic nitrogens is 1. The summed E-state index contributed by atoms with van der Waals surface area (Å²) < 4.78 is 13.8. The van der Waals surface area contributed by atoms with Gasteiger partial charge in [-0.15, -0.1) is 0 Å². The molecule has 1 aromatic heterocycles. The lowest BCUT2D eigenvalue weighted by molar-refractivity contribution is -0.136. The van der Waals surface area contributed by atoms with Crippen molar-refractivity contribution in [2.75, 3.05) is 23.7 Å². The number of rotatable bonds is 11. The Labute approximate surface area is 311 Å². The molecule has 6 rings (SSSR count). The topological polar surface area (TPSA) is 170 Å². The van der Waals surface area contributed by atoms with Crippen LogP contribution in [0.5, 0.6) is 0 Å². The van der Waals surface area contributed by atoms with Crippen molar-refractivity contribution in [2.24, 2.45) is 0 Å². The zero-order chi connectivity index (χ0) is 36.1. The van der Waals surface area contributed by atoms with E-state index < -0.39 is 35.5 Å². The van der Waals surface area contributed by atoms with Crippen LogP contribution in [-0.2, 0) is 14.4 Å². The molecule has 0 aliphatic carbocycles. The summed E-state index contributed by atoms with van der Waals surface area (Å²) >= 11 is 4.24. The summed E-state index contributed by atoms with van der Waals surface area (Å²) in [6, 6.07) is 8.07. The maximum atomic E-state index is 13.8. The van der Waals surface area contributed by atoms with Gasteiger partial charge in [0, 0.05) is 85.1 Å². The zero-order valence-electron chi connectivity index (χ0n) is 27.3. The van der Waals surface area contributed by atoms with Gasteiger partial charge < -0.3 is 20.9 Å². The molecule has 15 heteroatoms. The third-order valence-electron chi connectivity index (χ3n) is 8.93. The molecule has 1 saturated heterocycles. The molecule has 4 heterocycles. The molecule has 5 N–H and O–H groups in total. The molecule has 0 spiro atoms. The molecule has 2 aromatic carbocycles. The molecule has 12 nitrogen and oxygen atoms in total. The van der Waals surface area contributed by atoms with Crippen molar-refractivity contribution in [1.29, 1.82) is 0 Å². The highest BCUT2D eigenvalue weighted by Gasteiger charge is 2.45. The summed E-state index contributed by atoms with van der Waals surface area (Å²) in [6.45, 7) is 4.62. The van der Waals surface area contributed by atoms with E-state index in [9.17, 15) is 33.2 Å². The number of nitrogens with one attached hydrogen (secondary N) is 5. The van der Waals surface area contributed by atoms with E-state index >= 15 is 0 Å². The number of imide groups is 2. The van der Waals surface area contributed by atoms with Crippen LogP contribution in [-0.4, -0.2) is 64.5 Å². The van der Waals surface area contributed by atoms with Crippen LogP contribution in [0.1, 0.15) is 92.1 Å². The molecule has 50 heavy (non-hydrogen) atoms. The molecule has 1 atom stereocenters. The van der Waals surface area contributed by atoms with Crippen molar-refractivity contribution >= 4 is 95.7 Å². The summed E-state index contributed by atoms with van der Waals surface area (Å²) in [7, 11) is 0. The lowest BCUT2D eigenvalue weighted by Crippen LogP contribution is -2.54. The first-order valence-corrected chi connectivity index (χ1v) is 22.4. The van der Waals surface area contributed by atoms with E-state index in [2.05, 4.69) is 63.5 Å². The number of unbranched alkanes of at least 4 members (excludes halogenated alkanes) is 3. The molecule has 3 aliphatic heterocycles. The summed E-state index contributed by atoms with van der Waals surface area (Å²) in [6.07, 6.45) is 5.04. The van der Waals surface area contributed by atoms with Gasteiger partial charge in [0.25, 0.3) is 23.6 Å².